The third-order valence-electron chi connectivity index (χ3n) is 4.76. The fourth-order valence-corrected chi connectivity index (χ4v) is 3.79. The van der Waals surface area contributed by atoms with Crippen LogP contribution in [0.1, 0.15) is 29.2 Å². The van der Waals surface area contributed by atoms with Crippen molar-refractivity contribution in [3.05, 3.63) is 69.8 Å². The Morgan fingerprint density at radius 2 is 1.89 bits per heavy atom. The van der Waals surface area contributed by atoms with Crippen molar-refractivity contribution < 1.29 is 19.1 Å². The molecule has 28 heavy (non-hydrogen) atoms. The summed E-state index contributed by atoms with van der Waals surface area (Å²) in [4.78, 5) is 26.8. The highest BCUT2D eigenvalue weighted by molar-refractivity contribution is 9.10. The molecular weight excluding hydrogens is 422 g/mol. The Morgan fingerprint density at radius 3 is 2.57 bits per heavy atom. The second-order valence-electron chi connectivity index (χ2n) is 6.69. The lowest BCUT2D eigenvalue weighted by Gasteiger charge is -2.31. The fourth-order valence-electron chi connectivity index (χ4n) is 3.32. The van der Waals surface area contributed by atoms with Crippen molar-refractivity contribution in [3.8, 4) is 11.5 Å². The molecular formula is C22H22BrNO4. The lowest BCUT2D eigenvalue weighted by atomic mass is 9.95. The summed E-state index contributed by atoms with van der Waals surface area (Å²) in [6.07, 6.45) is 3.50. The van der Waals surface area contributed by atoms with E-state index in [0.29, 0.717) is 11.5 Å². The third kappa shape index (κ3) is 4.28. The fraction of sp³-hybridized carbons (Fsp3) is 0.273. The molecule has 0 aliphatic carbocycles. The number of carbonyl (C=O) groups is 2. The minimum Gasteiger partial charge on any atom is -0.493 e. The molecule has 1 heterocycles. The molecule has 5 nitrogen and oxygen atoms in total. The van der Waals surface area contributed by atoms with Gasteiger partial charge >= 0.3 is 0 Å². The molecule has 1 aliphatic heterocycles. The molecule has 0 radical (unpaired) electrons. The van der Waals surface area contributed by atoms with Gasteiger partial charge in [0, 0.05) is 17.1 Å². The number of benzene rings is 2. The van der Waals surface area contributed by atoms with E-state index in [9.17, 15) is 9.59 Å². The monoisotopic (exact) mass is 443 g/mol. The summed E-state index contributed by atoms with van der Waals surface area (Å²) in [6, 6.07) is 11.2. The van der Waals surface area contributed by atoms with Gasteiger partial charge in [0.1, 0.15) is 0 Å². The molecule has 1 atom stereocenters. The molecule has 0 aromatic heterocycles. The standard InChI is InChI=1S/C22H22BrNO4/c1-14-5-4-6-15(9-14)19-12-17(25)7-8-24(19)22(26)11-16-10-20(27-2)21(28-3)13-18(16)23/h4-10,13,19H,11-12H2,1-3H3. The number of amides is 1. The van der Waals surface area contributed by atoms with E-state index in [-0.39, 0.29) is 30.6 Å². The quantitative estimate of drug-likeness (QED) is 0.687. The van der Waals surface area contributed by atoms with Gasteiger partial charge in [-0.15, -0.1) is 0 Å². The first-order valence-electron chi connectivity index (χ1n) is 8.92. The largest absolute Gasteiger partial charge is 0.493 e. The summed E-state index contributed by atoms with van der Waals surface area (Å²) in [5.74, 6) is 1.07. The van der Waals surface area contributed by atoms with Gasteiger partial charge in [-0.3, -0.25) is 9.59 Å². The van der Waals surface area contributed by atoms with Crippen LogP contribution in [0, 0.1) is 6.92 Å². The summed E-state index contributed by atoms with van der Waals surface area (Å²) in [7, 11) is 3.13. The number of hydrogen-bond donors (Lipinski definition) is 0. The summed E-state index contributed by atoms with van der Waals surface area (Å²) < 4.78 is 11.4. The van der Waals surface area contributed by atoms with E-state index in [2.05, 4.69) is 15.9 Å². The highest BCUT2D eigenvalue weighted by Crippen LogP contribution is 2.35. The highest BCUT2D eigenvalue weighted by atomic mass is 79.9. The van der Waals surface area contributed by atoms with Crippen LogP contribution in [0.3, 0.4) is 0 Å². The van der Waals surface area contributed by atoms with E-state index < -0.39 is 0 Å². The van der Waals surface area contributed by atoms with Crippen LogP contribution in [-0.2, 0) is 16.0 Å². The van der Waals surface area contributed by atoms with E-state index in [4.69, 9.17) is 9.47 Å². The maximum atomic E-state index is 13.1. The summed E-state index contributed by atoms with van der Waals surface area (Å²) in [5, 5.41) is 0. The van der Waals surface area contributed by atoms with Crippen LogP contribution in [-0.4, -0.2) is 30.8 Å². The molecule has 1 amide bonds. The summed E-state index contributed by atoms with van der Waals surface area (Å²) in [5.41, 5.74) is 2.84. The van der Waals surface area contributed by atoms with Crippen LogP contribution < -0.4 is 9.47 Å². The van der Waals surface area contributed by atoms with Crippen molar-refractivity contribution >= 4 is 27.6 Å². The lowest BCUT2D eigenvalue weighted by molar-refractivity contribution is -0.131. The molecule has 1 aliphatic rings. The Hall–Kier alpha value is -2.60. The maximum absolute atomic E-state index is 13.1. The van der Waals surface area contributed by atoms with Gasteiger partial charge in [-0.1, -0.05) is 45.8 Å². The number of hydrogen-bond acceptors (Lipinski definition) is 4. The molecule has 0 bridgehead atoms. The zero-order valence-corrected chi connectivity index (χ0v) is 17.7. The molecule has 0 N–H and O–H groups in total. The third-order valence-corrected chi connectivity index (χ3v) is 5.50. The van der Waals surface area contributed by atoms with Gasteiger partial charge in [-0.2, -0.15) is 0 Å². The Balaban J connectivity index is 1.90. The second kappa shape index (κ2) is 8.61. The van der Waals surface area contributed by atoms with Gasteiger partial charge in [0.2, 0.25) is 5.91 Å². The predicted molar refractivity (Wildman–Crippen MR) is 110 cm³/mol. The number of halogens is 1. The molecule has 0 saturated carbocycles. The number of methoxy groups -OCH3 is 2. The van der Waals surface area contributed by atoms with Gasteiger partial charge in [-0.25, -0.2) is 0 Å². The Morgan fingerprint density at radius 1 is 1.18 bits per heavy atom. The number of allylic oxidation sites excluding steroid dienone is 1. The van der Waals surface area contributed by atoms with Crippen molar-refractivity contribution in [2.24, 2.45) is 0 Å². The van der Waals surface area contributed by atoms with Crippen LogP contribution in [0.15, 0.2) is 53.1 Å². The molecule has 1 unspecified atom stereocenters. The van der Waals surface area contributed by atoms with E-state index in [1.807, 2.05) is 31.2 Å². The molecule has 0 fully saturated rings. The van der Waals surface area contributed by atoms with Crippen LogP contribution in [0.2, 0.25) is 0 Å². The number of nitrogens with zero attached hydrogens (tertiary/aromatic N) is 1. The minimum absolute atomic E-state index is 0.0165. The van der Waals surface area contributed by atoms with Crippen molar-refractivity contribution in [2.45, 2.75) is 25.8 Å². The molecule has 0 saturated heterocycles. The number of carbonyl (C=O) groups excluding carboxylic acids is 2. The Labute approximate surface area is 173 Å². The first kappa shape index (κ1) is 20.1. The van der Waals surface area contributed by atoms with E-state index in [1.165, 1.54) is 6.08 Å². The van der Waals surface area contributed by atoms with E-state index >= 15 is 0 Å². The highest BCUT2D eigenvalue weighted by Gasteiger charge is 2.29. The Kier molecular flexibility index (Phi) is 6.19. The van der Waals surface area contributed by atoms with Crippen molar-refractivity contribution in [3.63, 3.8) is 0 Å². The molecule has 146 valence electrons. The predicted octanol–water partition coefficient (Wildman–Crippen LogP) is 4.37. The van der Waals surface area contributed by atoms with Gasteiger partial charge < -0.3 is 14.4 Å². The first-order valence-corrected chi connectivity index (χ1v) is 9.71. The maximum Gasteiger partial charge on any atom is 0.231 e. The second-order valence-corrected chi connectivity index (χ2v) is 7.55. The lowest BCUT2D eigenvalue weighted by Crippen LogP contribution is -2.35. The first-order chi connectivity index (χ1) is 13.4. The van der Waals surface area contributed by atoms with Gasteiger partial charge in [0.05, 0.1) is 26.7 Å². The molecule has 2 aromatic rings. The van der Waals surface area contributed by atoms with Crippen LogP contribution in [0.5, 0.6) is 11.5 Å². The smallest absolute Gasteiger partial charge is 0.231 e. The zero-order valence-electron chi connectivity index (χ0n) is 16.1. The van der Waals surface area contributed by atoms with Gasteiger partial charge in [0.25, 0.3) is 0 Å². The average molecular weight is 444 g/mol. The van der Waals surface area contributed by atoms with E-state index in [0.717, 1.165) is 21.2 Å². The molecule has 0 spiro atoms. The SMILES string of the molecule is COc1cc(Br)c(CC(=O)N2C=CC(=O)CC2c2cccc(C)c2)cc1OC. The van der Waals surface area contributed by atoms with Crippen molar-refractivity contribution in [1.82, 2.24) is 4.90 Å². The minimum atomic E-state index is -0.302. The topological polar surface area (TPSA) is 55.8 Å². The number of ether oxygens (including phenoxy) is 2. The summed E-state index contributed by atoms with van der Waals surface area (Å²) >= 11 is 3.50. The van der Waals surface area contributed by atoms with Crippen molar-refractivity contribution in [1.29, 1.82) is 0 Å². The molecule has 6 heteroatoms. The Bertz CT molecular complexity index is 938. The van der Waals surface area contributed by atoms with E-state index in [1.54, 1.807) is 37.5 Å². The number of ketones is 1. The zero-order chi connectivity index (χ0) is 20.3. The molecule has 2 aromatic carbocycles. The van der Waals surface area contributed by atoms with Crippen LogP contribution in [0.25, 0.3) is 0 Å². The summed E-state index contributed by atoms with van der Waals surface area (Å²) in [6.45, 7) is 2.00. The van der Waals surface area contributed by atoms with Crippen LogP contribution >= 0.6 is 15.9 Å². The molecule has 3 rings (SSSR count). The number of rotatable bonds is 5. The normalized spacial score (nSPS) is 16.2. The van der Waals surface area contributed by atoms with Gasteiger partial charge in [-0.05, 0) is 36.3 Å². The van der Waals surface area contributed by atoms with Crippen LogP contribution in [0.4, 0.5) is 0 Å². The average Bonchev–Trinajstić information content (AvgIpc) is 2.69. The van der Waals surface area contributed by atoms with Gasteiger partial charge in [0.15, 0.2) is 17.3 Å². The van der Waals surface area contributed by atoms with Crippen molar-refractivity contribution in [2.75, 3.05) is 14.2 Å². The number of aryl methyl sites for hydroxylation is 1.